The summed E-state index contributed by atoms with van der Waals surface area (Å²) in [5.41, 5.74) is 10.9. The number of rotatable bonds is 4. The normalized spacial score (nSPS) is 12.0. The van der Waals surface area contributed by atoms with E-state index in [0.717, 1.165) is 16.7 Å². The summed E-state index contributed by atoms with van der Waals surface area (Å²) in [5.74, 6) is -0.525. The molecule has 21 heavy (non-hydrogen) atoms. The Labute approximate surface area is 125 Å². The molecule has 0 saturated heterocycles. The molecular formula is C18H21NO2. The van der Waals surface area contributed by atoms with E-state index in [-0.39, 0.29) is 11.9 Å². The van der Waals surface area contributed by atoms with Crippen molar-refractivity contribution in [1.29, 1.82) is 0 Å². The van der Waals surface area contributed by atoms with Crippen LogP contribution < -0.4 is 5.73 Å². The molecule has 2 rings (SSSR count). The zero-order valence-corrected chi connectivity index (χ0v) is 12.7. The zero-order chi connectivity index (χ0) is 15.4. The van der Waals surface area contributed by atoms with Crippen molar-refractivity contribution < 1.29 is 9.53 Å². The van der Waals surface area contributed by atoms with Gasteiger partial charge >= 0.3 is 5.97 Å². The molecule has 0 spiro atoms. The van der Waals surface area contributed by atoms with Gasteiger partial charge in [-0.25, -0.2) is 0 Å². The van der Waals surface area contributed by atoms with Crippen LogP contribution in [0.25, 0.3) is 0 Å². The molecule has 0 amide bonds. The molecule has 0 aliphatic heterocycles. The average Bonchev–Trinajstić information content (AvgIpc) is 2.47. The molecule has 0 bridgehead atoms. The summed E-state index contributed by atoms with van der Waals surface area (Å²) < 4.78 is 4.99. The Hall–Kier alpha value is -2.29. The van der Waals surface area contributed by atoms with Gasteiger partial charge in [0.2, 0.25) is 0 Å². The Balaban J connectivity index is 2.39. The minimum absolute atomic E-state index is 0.217. The summed E-state index contributed by atoms with van der Waals surface area (Å²) in [5, 5.41) is 0. The van der Waals surface area contributed by atoms with Crippen LogP contribution in [-0.4, -0.2) is 13.1 Å². The zero-order valence-electron chi connectivity index (χ0n) is 12.7. The van der Waals surface area contributed by atoms with Gasteiger partial charge in [-0.15, -0.1) is 0 Å². The highest BCUT2D eigenvalue weighted by Crippen LogP contribution is 2.27. The molecule has 2 aromatic carbocycles. The molecular weight excluding hydrogens is 262 g/mol. The molecule has 0 aliphatic carbocycles. The lowest BCUT2D eigenvalue weighted by molar-refractivity contribution is -0.142. The molecule has 0 heterocycles. The van der Waals surface area contributed by atoms with E-state index < -0.39 is 0 Å². The Kier molecular flexibility index (Phi) is 4.63. The summed E-state index contributed by atoms with van der Waals surface area (Å²) in [6.45, 7) is 4.09. The summed E-state index contributed by atoms with van der Waals surface area (Å²) in [7, 11) is 1.43. The summed E-state index contributed by atoms with van der Waals surface area (Å²) in [4.78, 5) is 12.2. The van der Waals surface area contributed by atoms with E-state index in [1.807, 2.05) is 56.3 Å². The quantitative estimate of drug-likeness (QED) is 0.691. The molecule has 0 radical (unpaired) electrons. The van der Waals surface area contributed by atoms with Crippen molar-refractivity contribution in [3.8, 4) is 0 Å². The minimum atomic E-state index is -0.309. The van der Waals surface area contributed by atoms with Crippen molar-refractivity contribution in [3.05, 3.63) is 64.7 Å². The van der Waals surface area contributed by atoms with Gasteiger partial charge in [-0.05, 0) is 54.7 Å². The summed E-state index contributed by atoms with van der Waals surface area (Å²) in [6.07, 6.45) is 0.585. The number of carbonyl (C=O) groups is 1. The second-order valence-corrected chi connectivity index (χ2v) is 5.31. The van der Waals surface area contributed by atoms with E-state index in [1.54, 1.807) is 0 Å². The van der Waals surface area contributed by atoms with Crippen LogP contribution in [0, 0.1) is 13.8 Å². The van der Waals surface area contributed by atoms with E-state index in [0.29, 0.717) is 12.1 Å². The fourth-order valence-corrected chi connectivity index (χ4v) is 2.57. The number of hydrogen-bond acceptors (Lipinski definition) is 3. The first-order chi connectivity index (χ1) is 10.0. The maximum Gasteiger partial charge on any atom is 0.313 e. The smallest absolute Gasteiger partial charge is 0.313 e. The number of carbonyl (C=O) groups excluding carboxylic acids is 1. The van der Waals surface area contributed by atoms with Crippen molar-refractivity contribution in [1.82, 2.24) is 0 Å². The monoisotopic (exact) mass is 283 g/mol. The number of benzene rings is 2. The Morgan fingerprint density at radius 1 is 1.19 bits per heavy atom. The van der Waals surface area contributed by atoms with Crippen LogP contribution in [-0.2, 0) is 16.0 Å². The van der Waals surface area contributed by atoms with Gasteiger partial charge < -0.3 is 10.5 Å². The predicted octanol–water partition coefficient (Wildman–Crippen LogP) is 3.38. The second-order valence-electron chi connectivity index (χ2n) is 5.31. The lowest BCUT2D eigenvalue weighted by atomic mass is 9.87. The Morgan fingerprint density at radius 2 is 1.90 bits per heavy atom. The maximum absolute atomic E-state index is 12.2. The van der Waals surface area contributed by atoms with E-state index in [9.17, 15) is 4.79 Å². The van der Waals surface area contributed by atoms with Crippen LogP contribution in [0.5, 0.6) is 0 Å². The van der Waals surface area contributed by atoms with Gasteiger partial charge in [-0.3, -0.25) is 4.79 Å². The van der Waals surface area contributed by atoms with Crippen molar-refractivity contribution in [2.75, 3.05) is 12.8 Å². The van der Waals surface area contributed by atoms with E-state index in [4.69, 9.17) is 10.5 Å². The SMILES string of the molecule is COC(=O)C(Cc1cccc(N)c1)c1cccc(C)c1C. The van der Waals surface area contributed by atoms with Crippen molar-refractivity contribution in [2.24, 2.45) is 0 Å². The Morgan fingerprint density at radius 3 is 2.57 bits per heavy atom. The fourth-order valence-electron chi connectivity index (χ4n) is 2.57. The first-order valence-corrected chi connectivity index (χ1v) is 7.01. The van der Waals surface area contributed by atoms with E-state index in [1.165, 1.54) is 12.7 Å². The largest absolute Gasteiger partial charge is 0.469 e. The number of esters is 1. The molecule has 3 heteroatoms. The second kappa shape index (κ2) is 6.44. The standard InChI is InChI=1S/C18H21NO2/c1-12-6-4-9-16(13(12)2)17(18(20)21-3)11-14-7-5-8-15(19)10-14/h4-10,17H,11,19H2,1-3H3. The van der Waals surface area contributed by atoms with E-state index >= 15 is 0 Å². The molecule has 3 nitrogen and oxygen atoms in total. The van der Waals surface area contributed by atoms with Crippen LogP contribution in [0.1, 0.15) is 28.2 Å². The highest BCUT2D eigenvalue weighted by Gasteiger charge is 2.24. The lowest BCUT2D eigenvalue weighted by Gasteiger charge is -2.18. The first kappa shape index (κ1) is 15.1. The van der Waals surface area contributed by atoms with Gasteiger partial charge in [-0.2, -0.15) is 0 Å². The highest BCUT2D eigenvalue weighted by atomic mass is 16.5. The number of nitrogens with two attached hydrogens (primary N) is 1. The van der Waals surface area contributed by atoms with Crippen molar-refractivity contribution in [2.45, 2.75) is 26.2 Å². The lowest BCUT2D eigenvalue weighted by Crippen LogP contribution is -2.18. The number of ether oxygens (including phenoxy) is 1. The third kappa shape index (κ3) is 3.43. The number of aryl methyl sites for hydroxylation is 1. The molecule has 2 N–H and O–H groups in total. The van der Waals surface area contributed by atoms with Gasteiger partial charge in [0.25, 0.3) is 0 Å². The number of hydrogen-bond donors (Lipinski definition) is 1. The molecule has 0 aliphatic rings. The average molecular weight is 283 g/mol. The molecule has 0 saturated carbocycles. The molecule has 1 atom stereocenters. The van der Waals surface area contributed by atoms with Gasteiger partial charge in [0, 0.05) is 5.69 Å². The molecule has 1 unspecified atom stereocenters. The summed E-state index contributed by atoms with van der Waals surface area (Å²) >= 11 is 0. The van der Waals surface area contributed by atoms with Gasteiger partial charge in [0.15, 0.2) is 0 Å². The summed E-state index contributed by atoms with van der Waals surface area (Å²) in [6, 6.07) is 13.7. The number of nitrogen functional groups attached to an aromatic ring is 1. The Bertz CT molecular complexity index is 649. The molecule has 0 fully saturated rings. The molecule has 110 valence electrons. The third-order valence-corrected chi connectivity index (χ3v) is 3.90. The minimum Gasteiger partial charge on any atom is -0.469 e. The molecule has 0 aromatic heterocycles. The van der Waals surface area contributed by atoms with Gasteiger partial charge in [0.1, 0.15) is 0 Å². The topological polar surface area (TPSA) is 52.3 Å². The van der Waals surface area contributed by atoms with Gasteiger partial charge in [-0.1, -0.05) is 30.3 Å². The predicted molar refractivity (Wildman–Crippen MR) is 85.2 cm³/mol. The van der Waals surface area contributed by atoms with E-state index in [2.05, 4.69) is 0 Å². The number of anilines is 1. The molecule has 2 aromatic rings. The van der Waals surface area contributed by atoms with Crippen molar-refractivity contribution in [3.63, 3.8) is 0 Å². The highest BCUT2D eigenvalue weighted by molar-refractivity contribution is 5.79. The van der Waals surface area contributed by atoms with Crippen LogP contribution in [0.2, 0.25) is 0 Å². The number of methoxy groups -OCH3 is 1. The third-order valence-electron chi connectivity index (χ3n) is 3.90. The van der Waals surface area contributed by atoms with Crippen LogP contribution >= 0.6 is 0 Å². The van der Waals surface area contributed by atoms with Crippen LogP contribution in [0.15, 0.2) is 42.5 Å². The van der Waals surface area contributed by atoms with Crippen molar-refractivity contribution >= 4 is 11.7 Å². The fraction of sp³-hybridized carbons (Fsp3) is 0.278. The van der Waals surface area contributed by atoms with Crippen LogP contribution in [0.3, 0.4) is 0 Å². The first-order valence-electron chi connectivity index (χ1n) is 7.01. The maximum atomic E-state index is 12.2. The van der Waals surface area contributed by atoms with Crippen LogP contribution in [0.4, 0.5) is 5.69 Å². The van der Waals surface area contributed by atoms with Gasteiger partial charge in [0.05, 0.1) is 13.0 Å².